The van der Waals surface area contributed by atoms with Crippen LogP contribution in [0.5, 0.6) is 0 Å². The van der Waals surface area contributed by atoms with Crippen molar-refractivity contribution in [2.24, 2.45) is 0 Å². The molecule has 3 rings (SSSR count). The standard InChI is InChI=1S/C12H9ClN4/c13-9-4-2-1-3-8(9)10-7-11(14)17-12(16-10)5-6-15-17/h1-7H,14H2. The summed E-state index contributed by atoms with van der Waals surface area (Å²) in [6.45, 7) is 0. The number of fused-ring (bicyclic) bond motifs is 1. The molecule has 84 valence electrons. The van der Waals surface area contributed by atoms with E-state index in [1.165, 1.54) is 0 Å². The molecule has 0 unspecified atom stereocenters. The Morgan fingerprint density at radius 3 is 2.82 bits per heavy atom. The number of benzene rings is 1. The van der Waals surface area contributed by atoms with Crippen LogP contribution in [0.1, 0.15) is 0 Å². The van der Waals surface area contributed by atoms with Crippen LogP contribution in [-0.4, -0.2) is 14.6 Å². The minimum atomic E-state index is 0.537. The number of anilines is 1. The van der Waals surface area contributed by atoms with Crippen molar-refractivity contribution >= 4 is 23.1 Å². The molecule has 0 aliphatic heterocycles. The fourth-order valence-electron chi connectivity index (χ4n) is 1.74. The van der Waals surface area contributed by atoms with Gasteiger partial charge in [0.2, 0.25) is 0 Å². The first-order chi connectivity index (χ1) is 8.25. The van der Waals surface area contributed by atoms with Gasteiger partial charge in [-0.25, -0.2) is 4.98 Å². The van der Waals surface area contributed by atoms with Crippen molar-refractivity contribution in [2.45, 2.75) is 0 Å². The van der Waals surface area contributed by atoms with Crippen molar-refractivity contribution < 1.29 is 0 Å². The lowest BCUT2D eigenvalue weighted by Gasteiger charge is -2.05. The van der Waals surface area contributed by atoms with Gasteiger partial charge in [-0.15, -0.1) is 0 Å². The van der Waals surface area contributed by atoms with Gasteiger partial charge < -0.3 is 5.73 Å². The van der Waals surface area contributed by atoms with E-state index in [4.69, 9.17) is 17.3 Å². The molecular weight excluding hydrogens is 236 g/mol. The highest BCUT2D eigenvalue weighted by Crippen LogP contribution is 2.27. The van der Waals surface area contributed by atoms with Crippen molar-refractivity contribution in [1.82, 2.24) is 14.6 Å². The second-order valence-corrected chi connectivity index (χ2v) is 4.05. The van der Waals surface area contributed by atoms with E-state index >= 15 is 0 Å². The van der Waals surface area contributed by atoms with E-state index in [2.05, 4.69) is 10.1 Å². The van der Waals surface area contributed by atoms with Gasteiger partial charge in [0.05, 0.1) is 11.9 Å². The zero-order valence-corrected chi connectivity index (χ0v) is 9.59. The van der Waals surface area contributed by atoms with Gasteiger partial charge in [0, 0.05) is 22.7 Å². The first kappa shape index (κ1) is 10.1. The summed E-state index contributed by atoms with van der Waals surface area (Å²) in [5.74, 6) is 0.537. The number of nitrogens with two attached hydrogens (primary N) is 1. The maximum atomic E-state index is 6.13. The Morgan fingerprint density at radius 2 is 2.00 bits per heavy atom. The number of nitrogens with zero attached hydrogens (tertiary/aromatic N) is 3. The van der Waals surface area contributed by atoms with Crippen molar-refractivity contribution in [3.63, 3.8) is 0 Å². The normalized spacial score (nSPS) is 10.9. The minimum absolute atomic E-state index is 0.537. The van der Waals surface area contributed by atoms with Gasteiger partial charge in [0.1, 0.15) is 5.82 Å². The quantitative estimate of drug-likeness (QED) is 0.716. The van der Waals surface area contributed by atoms with Crippen LogP contribution in [-0.2, 0) is 0 Å². The van der Waals surface area contributed by atoms with E-state index in [1.54, 1.807) is 22.8 Å². The molecule has 0 saturated heterocycles. The molecule has 0 bridgehead atoms. The van der Waals surface area contributed by atoms with E-state index in [1.807, 2.05) is 24.3 Å². The van der Waals surface area contributed by atoms with Crippen LogP contribution in [0.4, 0.5) is 5.82 Å². The smallest absolute Gasteiger partial charge is 0.157 e. The van der Waals surface area contributed by atoms with Crippen LogP contribution in [0.15, 0.2) is 42.6 Å². The molecule has 17 heavy (non-hydrogen) atoms. The molecule has 0 radical (unpaired) electrons. The molecule has 0 saturated carbocycles. The Kier molecular flexibility index (Phi) is 2.23. The molecule has 2 heterocycles. The minimum Gasteiger partial charge on any atom is -0.384 e. The van der Waals surface area contributed by atoms with Gasteiger partial charge in [-0.1, -0.05) is 29.8 Å². The molecule has 0 aliphatic rings. The Bertz CT molecular complexity index is 690. The second kappa shape index (κ2) is 3.75. The van der Waals surface area contributed by atoms with Crippen molar-refractivity contribution in [2.75, 3.05) is 5.73 Å². The maximum Gasteiger partial charge on any atom is 0.157 e. The summed E-state index contributed by atoms with van der Waals surface area (Å²) < 4.78 is 1.58. The number of rotatable bonds is 1. The topological polar surface area (TPSA) is 56.2 Å². The van der Waals surface area contributed by atoms with E-state index in [9.17, 15) is 0 Å². The maximum absolute atomic E-state index is 6.13. The summed E-state index contributed by atoms with van der Waals surface area (Å²) in [5.41, 5.74) is 8.23. The molecule has 3 aromatic rings. The third-order valence-corrected chi connectivity index (χ3v) is 2.87. The lowest BCUT2D eigenvalue weighted by atomic mass is 10.1. The third-order valence-electron chi connectivity index (χ3n) is 2.54. The van der Waals surface area contributed by atoms with E-state index in [-0.39, 0.29) is 0 Å². The second-order valence-electron chi connectivity index (χ2n) is 3.65. The largest absolute Gasteiger partial charge is 0.384 e. The molecule has 0 atom stereocenters. The zero-order chi connectivity index (χ0) is 11.8. The Labute approximate surface area is 103 Å². The van der Waals surface area contributed by atoms with Crippen LogP contribution in [0.25, 0.3) is 16.9 Å². The fraction of sp³-hybridized carbons (Fsp3) is 0. The number of hydrogen-bond acceptors (Lipinski definition) is 3. The van der Waals surface area contributed by atoms with Gasteiger partial charge in [-0.2, -0.15) is 9.61 Å². The first-order valence-corrected chi connectivity index (χ1v) is 5.48. The molecule has 2 aromatic heterocycles. The van der Waals surface area contributed by atoms with E-state index < -0.39 is 0 Å². The molecule has 0 aliphatic carbocycles. The Hall–Kier alpha value is -2.07. The van der Waals surface area contributed by atoms with Gasteiger partial charge in [-0.3, -0.25) is 0 Å². The van der Waals surface area contributed by atoms with Crippen LogP contribution >= 0.6 is 11.6 Å². The molecule has 0 amide bonds. The average molecular weight is 245 g/mol. The summed E-state index contributed by atoms with van der Waals surface area (Å²) in [4.78, 5) is 4.46. The average Bonchev–Trinajstić information content (AvgIpc) is 2.78. The molecule has 1 aromatic carbocycles. The summed E-state index contributed by atoms with van der Waals surface area (Å²) in [6.07, 6.45) is 1.66. The van der Waals surface area contributed by atoms with Crippen LogP contribution in [0.3, 0.4) is 0 Å². The van der Waals surface area contributed by atoms with Crippen LogP contribution in [0, 0.1) is 0 Å². The van der Waals surface area contributed by atoms with Crippen molar-refractivity contribution in [1.29, 1.82) is 0 Å². The van der Waals surface area contributed by atoms with Gasteiger partial charge in [-0.05, 0) is 6.07 Å². The lowest BCUT2D eigenvalue weighted by Crippen LogP contribution is -2.01. The molecule has 4 nitrogen and oxygen atoms in total. The first-order valence-electron chi connectivity index (χ1n) is 5.11. The van der Waals surface area contributed by atoms with Crippen LogP contribution < -0.4 is 5.73 Å². The predicted octanol–water partition coefficient (Wildman–Crippen LogP) is 2.63. The Morgan fingerprint density at radius 1 is 1.18 bits per heavy atom. The lowest BCUT2D eigenvalue weighted by molar-refractivity contribution is 0.954. The van der Waals surface area contributed by atoms with E-state index in [0.29, 0.717) is 16.5 Å². The van der Waals surface area contributed by atoms with Crippen LogP contribution in [0.2, 0.25) is 5.02 Å². The Balaban J connectivity index is 2.28. The molecule has 0 spiro atoms. The molecular formula is C12H9ClN4. The van der Waals surface area contributed by atoms with Gasteiger partial charge in [0.15, 0.2) is 5.65 Å². The van der Waals surface area contributed by atoms with Gasteiger partial charge in [0.25, 0.3) is 0 Å². The highest BCUT2D eigenvalue weighted by atomic mass is 35.5. The highest BCUT2D eigenvalue weighted by Gasteiger charge is 2.08. The summed E-state index contributed by atoms with van der Waals surface area (Å²) >= 11 is 6.13. The summed E-state index contributed by atoms with van der Waals surface area (Å²) in [7, 11) is 0. The predicted molar refractivity (Wildman–Crippen MR) is 67.8 cm³/mol. The number of nitrogen functional groups attached to an aromatic ring is 1. The molecule has 2 N–H and O–H groups in total. The highest BCUT2D eigenvalue weighted by molar-refractivity contribution is 6.33. The number of hydrogen-bond donors (Lipinski definition) is 1. The number of halogens is 1. The van der Waals surface area contributed by atoms with Gasteiger partial charge >= 0.3 is 0 Å². The summed E-state index contributed by atoms with van der Waals surface area (Å²) in [5, 5.41) is 4.73. The fourth-order valence-corrected chi connectivity index (χ4v) is 1.98. The number of aromatic nitrogens is 3. The zero-order valence-electron chi connectivity index (χ0n) is 8.84. The molecule has 0 fully saturated rings. The summed E-state index contributed by atoms with van der Waals surface area (Å²) in [6, 6.07) is 11.1. The van der Waals surface area contributed by atoms with E-state index in [0.717, 1.165) is 11.3 Å². The SMILES string of the molecule is Nc1cc(-c2ccccc2Cl)nc2ccnn12. The molecule has 5 heteroatoms. The monoisotopic (exact) mass is 244 g/mol. The van der Waals surface area contributed by atoms with Crippen molar-refractivity contribution in [3.8, 4) is 11.3 Å². The van der Waals surface area contributed by atoms with Crippen molar-refractivity contribution in [3.05, 3.63) is 47.6 Å². The third kappa shape index (κ3) is 1.62.